The van der Waals surface area contributed by atoms with Gasteiger partial charge in [0.15, 0.2) is 0 Å². The molecule has 0 aromatic carbocycles. The summed E-state index contributed by atoms with van der Waals surface area (Å²) < 4.78 is 0. The molecule has 0 aliphatic heterocycles. The Hall–Kier alpha value is -3.00. The minimum Gasteiger partial charge on any atom is -0.481 e. The van der Waals surface area contributed by atoms with E-state index in [1.54, 1.807) is 12.4 Å². The SMILES string of the molecule is O=C(NCc1cccnc1)c1c(NC(=O)[C@H]2CC=CC[C@H]2C(=O)O)sc2c1CCCC2. The van der Waals surface area contributed by atoms with Crippen LogP contribution in [0, 0.1) is 11.8 Å². The van der Waals surface area contributed by atoms with Crippen LogP contribution in [0.4, 0.5) is 5.00 Å². The maximum atomic E-state index is 13.1. The van der Waals surface area contributed by atoms with Crippen LogP contribution in [0.25, 0.3) is 0 Å². The number of fused-ring (bicyclic) bond motifs is 1. The summed E-state index contributed by atoms with van der Waals surface area (Å²) in [4.78, 5) is 42.9. The van der Waals surface area contributed by atoms with E-state index < -0.39 is 17.8 Å². The van der Waals surface area contributed by atoms with Crippen molar-refractivity contribution in [2.45, 2.75) is 45.1 Å². The van der Waals surface area contributed by atoms with Gasteiger partial charge in [-0.1, -0.05) is 18.2 Å². The Labute approximate surface area is 184 Å². The largest absolute Gasteiger partial charge is 0.481 e. The number of thiophene rings is 1. The first-order valence-corrected chi connectivity index (χ1v) is 11.4. The number of aryl methyl sites for hydroxylation is 1. The minimum absolute atomic E-state index is 0.225. The van der Waals surface area contributed by atoms with Gasteiger partial charge in [-0.05, 0) is 55.7 Å². The van der Waals surface area contributed by atoms with E-state index in [2.05, 4.69) is 15.6 Å². The van der Waals surface area contributed by atoms with Crippen LogP contribution in [0.15, 0.2) is 36.7 Å². The summed E-state index contributed by atoms with van der Waals surface area (Å²) in [6, 6.07) is 3.71. The Kier molecular flexibility index (Phi) is 6.46. The highest BCUT2D eigenvalue weighted by Gasteiger charge is 2.35. The zero-order valence-electron chi connectivity index (χ0n) is 17.1. The number of nitrogens with zero attached hydrogens (tertiary/aromatic N) is 1. The fourth-order valence-electron chi connectivity index (χ4n) is 4.25. The smallest absolute Gasteiger partial charge is 0.307 e. The predicted molar refractivity (Wildman–Crippen MR) is 118 cm³/mol. The van der Waals surface area contributed by atoms with Crippen molar-refractivity contribution in [2.75, 3.05) is 5.32 Å². The molecule has 7 nitrogen and oxygen atoms in total. The van der Waals surface area contributed by atoms with Crippen LogP contribution in [-0.4, -0.2) is 27.9 Å². The summed E-state index contributed by atoms with van der Waals surface area (Å²) >= 11 is 1.44. The molecule has 4 rings (SSSR count). The minimum atomic E-state index is -0.968. The number of carboxylic acid groups (broad SMARTS) is 1. The van der Waals surface area contributed by atoms with Crippen molar-refractivity contribution in [3.63, 3.8) is 0 Å². The number of hydrogen-bond donors (Lipinski definition) is 3. The molecule has 162 valence electrons. The topological polar surface area (TPSA) is 108 Å². The molecule has 0 spiro atoms. The number of carbonyl (C=O) groups excluding carboxylic acids is 2. The van der Waals surface area contributed by atoms with E-state index in [-0.39, 0.29) is 11.8 Å². The fraction of sp³-hybridized carbons (Fsp3) is 0.391. The first-order valence-electron chi connectivity index (χ1n) is 10.5. The molecular formula is C23H25N3O4S. The molecule has 0 radical (unpaired) electrons. The summed E-state index contributed by atoms with van der Waals surface area (Å²) in [5.74, 6) is -2.92. The van der Waals surface area contributed by atoms with E-state index in [9.17, 15) is 19.5 Å². The van der Waals surface area contributed by atoms with Crippen molar-refractivity contribution in [3.8, 4) is 0 Å². The van der Waals surface area contributed by atoms with E-state index in [1.165, 1.54) is 11.3 Å². The van der Waals surface area contributed by atoms with Crippen molar-refractivity contribution in [1.82, 2.24) is 10.3 Å². The lowest BCUT2D eigenvalue weighted by atomic mass is 9.82. The number of aliphatic carboxylic acids is 1. The molecule has 8 heteroatoms. The second kappa shape index (κ2) is 9.43. The second-order valence-electron chi connectivity index (χ2n) is 7.94. The van der Waals surface area contributed by atoms with E-state index in [0.29, 0.717) is 30.0 Å². The lowest BCUT2D eigenvalue weighted by Crippen LogP contribution is -2.35. The van der Waals surface area contributed by atoms with Gasteiger partial charge in [0.25, 0.3) is 5.91 Å². The molecule has 0 unspecified atom stereocenters. The third kappa shape index (κ3) is 4.69. The van der Waals surface area contributed by atoms with Crippen molar-refractivity contribution in [3.05, 3.63) is 58.2 Å². The number of carboxylic acids is 1. The van der Waals surface area contributed by atoms with Gasteiger partial charge in [0.2, 0.25) is 5.91 Å². The predicted octanol–water partition coefficient (Wildman–Crippen LogP) is 3.56. The Morgan fingerprint density at radius 3 is 2.65 bits per heavy atom. The number of carbonyl (C=O) groups is 3. The molecule has 0 saturated carbocycles. The Morgan fingerprint density at radius 2 is 1.90 bits per heavy atom. The third-order valence-electron chi connectivity index (χ3n) is 5.90. The number of nitrogens with one attached hydrogen (secondary N) is 2. The Bertz CT molecular complexity index is 1020. The van der Waals surface area contributed by atoms with E-state index in [4.69, 9.17) is 0 Å². The molecule has 0 saturated heterocycles. The van der Waals surface area contributed by atoms with Crippen LogP contribution in [0.1, 0.15) is 52.0 Å². The molecule has 2 aliphatic rings. The Balaban J connectivity index is 1.56. The Morgan fingerprint density at radius 1 is 1.13 bits per heavy atom. The zero-order valence-corrected chi connectivity index (χ0v) is 17.9. The zero-order chi connectivity index (χ0) is 21.8. The van der Waals surface area contributed by atoms with E-state index in [1.807, 2.05) is 24.3 Å². The summed E-state index contributed by atoms with van der Waals surface area (Å²) in [5, 5.41) is 15.9. The highest BCUT2D eigenvalue weighted by molar-refractivity contribution is 7.17. The molecule has 2 heterocycles. The van der Waals surface area contributed by atoms with Gasteiger partial charge in [0.05, 0.1) is 17.4 Å². The second-order valence-corrected chi connectivity index (χ2v) is 9.05. The summed E-state index contributed by atoms with van der Waals surface area (Å²) in [6.45, 7) is 0.346. The highest BCUT2D eigenvalue weighted by Crippen LogP contribution is 2.39. The van der Waals surface area contributed by atoms with Crippen LogP contribution < -0.4 is 10.6 Å². The maximum Gasteiger partial charge on any atom is 0.307 e. The normalized spacial score (nSPS) is 20.0. The number of hydrogen-bond acceptors (Lipinski definition) is 5. The molecule has 2 aromatic rings. The van der Waals surface area contributed by atoms with Crippen molar-refractivity contribution < 1.29 is 19.5 Å². The van der Waals surface area contributed by atoms with Crippen LogP contribution in [0.5, 0.6) is 0 Å². The van der Waals surface area contributed by atoms with Crippen LogP contribution >= 0.6 is 11.3 Å². The molecule has 3 N–H and O–H groups in total. The van der Waals surface area contributed by atoms with Gasteiger partial charge in [-0.25, -0.2) is 0 Å². The molecular weight excluding hydrogens is 414 g/mol. The standard InChI is InChI=1S/C23H25N3O4S/c27-20(15-7-1-2-8-16(15)23(29)30)26-22-19(17-9-3-4-10-18(17)31-22)21(28)25-13-14-6-5-11-24-12-14/h1-2,5-6,11-12,15-16H,3-4,7-10,13H2,(H,25,28)(H,26,27)(H,29,30)/t15-,16+/m0/s1. The number of pyridine rings is 1. The van der Waals surface area contributed by atoms with E-state index >= 15 is 0 Å². The summed E-state index contributed by atoms with van der Waals surface area (Å²) in [7, 11) is 0. The van der Waals surface area contributed by atoms with Crippen molar-refractivity contribution >= 4 is 34.1 Å². The highest BCUT2D eigenvalue weighted by atomic mass is 32.1. The quantitative estimate of drug-likeness (QED) is 0.597. The van der Waals surface area contributed by atoms with Gasteiger partial charge in [0.1, 0.15) is 5.00 Å². The fourth-order valence-corrected chi connectivity index (χ4v) is 5.54. The van der Waals surface area contributed by atoms with E-state index in [0.717, 1.165) is 41.7 Å². The van der Waals surface area contributed by atoms with Gasteiger partial charge in [-0.3, -0.25) is 19.4 Å². The number of aromatic nitrogens is 1. The number of anilines is 1. The molecule has 2 aliphatic carbocycles. The summed E-state index contributed by atoms with van der Waals surface area (Å²) in [6.07, 6.45) is 11.5. The molecule has 0 bridgehead atoms. The number of allylic oxidation sites excluding steroid dienone is 2. The van der Waals surface area contributed by atoms with Gasteiger partial charge in [-0.2, -0.15) is 0 Å². The van der Waals surface area contributed by atoms with Gasteiger partial charge in [0, 0.05) is 23.8 Å². The first kappa shape index (κ1) is 21.2. The van der Waals surface area contributed by atoms with Gasteiger partial charge < -0.3 is 15.7 Å². The first-order chi connectivity index (χ1) is 15.0. The monoisotopic (exact) mass is 439 g/mol. The molecule has 31 heavy (non-hydrogen) atoms. The number of rotatable bonds is 6. The molecule has 2 atom stereocenters. The van der Waals surface area contributed by atoms with Crippen LogP contribution in [-0.2, 0) is 29.0 Å². The molecule has 0 fully saturated rings. The lowest BCUT2D eigenvalue weighted by Gasteiger charge is -2.24. The van der Waals surface area contributed by atoms with Gasteiger partial charge in [-0.15, -0.1) is 11.3 Å². The molecule has 2 amide bonds. The average molecular weight is 440 g/mol. The molecule has 2 aromatic heterocycles. The average Bonchev–Trinajstić information content (AvgIpc) is 3.16. The number of amides is 2. The maximum absolute atomic E-state index is 13.1. The van der Waals surface area contributed by atoms with Crippen LogP contribution in [0.3, 0.4) is 0 Å². The van der Waals surface area contributed by atoms with Crippen molar-refractivity contribution in [2.24, 2.45) is 11.8 Å². The third-order valence-corrected chi connectivity index (χ3v) is 7.10. The lowest BCUT2D eigenvalue weighted by molar-refractivity contribution is -0.146. The van der Waals surface area contributed by atoms with Crippen LogP contribution in [0.2, 0.25) is 0 Å². The van der Waals surface area contributed by atoms with Crippen molar-refractivity contribution in [1.29, 1.82) is 0 Å². The van der Waals surface area contributed by atoms with Gasteiger partial charge >= 0.3 is 5.97 Å². The summed E-state index contributed by atoms with van der Waals surface area (Å²) in [5.41, 5.74) is 2.42.